The Morgan fingerprint density at radius 1 is 1.14 bits per heavy atom. The molecule has 0 aliphatic carbocycles. The first-order valence-corrected chi connectivity index (χ1v) is 12.1. The van der Waals surface area contributed by atoms with Gasteiger partial charge in [0.2, 0.25) is 5.96 Å². The van der Waals surface area contributed by atoms with E-state index in [2.05, 4.69) is 30.5 Å². The average molecular weight is 509 g/mol. The highest BCUT2D eigenvalue weighted by atomic mass is 16.5. The van der Waals surface area contributed by atoms with Crippen molar-refractivity contribution < 1.29 is 24.1 Å². The number of methoxy groups -OCH3 is 1. The molecule has 1 aliphatic heterocycles. The summed E-state index contributed by atoms with van der Waals surface area (Å²) in [5.41, 5.74) is 3.48. The zero-order valence-electron chi connectivity index (χ0n) is 21.3. The largest absolute Gasteiger partial charge is 0.493 e. The first kappa shape index (κ1) is 26.1. The maximum absolute atomic E-state index is 11.2. The highest BCUT2D eigenvalue weighted by molar-refractivity contribution is 6.08. The van der Waals surface area contributed by atoms with Gasteiger partial charge in [-0.15, -0.1) is 0 Å². The predicted octanol–water partition coefficient (Wildman–Crippen LogP) is 2.93. The lowest BCUT2D eigenvalue weighted by Crippen LogP contribution is -2.38. The normalized spacial score (nSPS) is 14.4. The van der Waals surface area contributed by atoms with Gasteiger partial charge in [0, 0.05) is 36.8 Å². The SMILES string of the molecule is COc1cc2c(NC(=NCC(=O)O)Nc3c(C)cccc3C)ncnc2cc1OCCN1CCOCC1. The van der Waals surface area contributed by atoms with Crippen molar-refractivity contribution in [1.29, 1.82) is 0 Å². The van der Waals surface area contributed by atoms with E-state index < -0.39 is 12.5 Å². The Kier molecular flexibility index (Phi) is 8.70. The van der Waals surface area contributed by atoms with Crippen LogP contribution in [-0.2, 0) is 9.53 Å². The van der Waals surface area contributed by atoms with Gasteiger partial charge in [-0.3, -0.25) is 9.69 Å². The minimum absolute atomic E-state index is 0.254. The second-order valence-corrected chi connectivity index (χ2v) is 8.62. The summed E-state index contributed by atoms with van der Waals surface area (Å²) in [7, 11) is 1.58. The molecule has 0 bridgehead atoms. The van der Waals surface area contributed by atoms with E-state index in [1.54, 1.807) is 13.2 Å². The first-order valence-electron chi connectivity index (χ1n) is 12.1. The number of morpholine rings is 1. The van der Waals surface area contributed by atoms with Crippen LogP contribution >= 0.6 is 0 Å². The number of hydrogen-bond donors (Lipinski definition) is 3. The number of ether oxygens (including phenoxy) is 3. The monoisotopic (exact) mass is 508 g/mol. The number of anilines is 2. The van der Waals surface area contributed by atoms with Crippen molar-refractivity contribution >= 4 is 34.3 Å². The molecule has 1 fully saturated rings. The lowest BCUT2D eigenvalue weighted by molar-refractivity contribution is -0.135. The van der Waals surface area contributed by atoms with Crippen LogP contribution in [0, 0.1) is 13.8 Å². The van der Waals surface area contributed by atoms with Crippen molar-refractivity contribution in [2.75, 3.05) is 63.7 Å². The molecule has 37 heavy (non-hydrogen) atoms. The molecule has 1 saturated heterocycles. The number of rotatable bonds is 9. The van der Waals surface area contributed by atoms with Gasteiger partial charge in [-0.05, 0) is 31.0 Å². The Balaban J connectivity index is 1.58. The maximum atomic E-state index is 11.2. The molecule has 0 atom stereocenters. The molecule has 0 radical (unpaired) electrons. The summed E-state index contributed by atoms with van der Waals surface area (Å²) in [6.45, 7) is 8.08. The molecule has 196 valence electrons. The van der Waals surface area contributed by atoms with Gasteiger partial charge in [-0.1, -0.05) is 18.2 Å². The zero-order valence-corrected chi connectivity index (χ0v) is 21.3. The molecule has 3 aromatic rings. The van der Waals surface area contributed by atoms with E-state index in [0.29, 0.717) is 34.8 Å². The first-order chi connectivity index (χ1) is 17.9. The summed E-state index contributed by atoms with van der Waals surface area (Å²) in [4.78, 5) is 26.5. The minimum atomic E-state index is -1.05. The summed E-state index contributed by atoms with van der Waals surface area (Å²) in [5.74, 6) is 0.784. The van der Waals surface area contributed by atoms with Gasteiger partial charge in [-0.25, -0.2) is 15.0 Å². The van der Waals surface area contributed by atoms with Gasteiger partial charge in [0.1, 0.15) is 25.3 Å². The van der Waals surface area contributed by atoms with Crippen molar-refractivity contribution in [1.82, 2.24) is 14.9 Å². The Morgan fingerprint density at radius 3 is 2.59 bits per heavy atom. The van der Waals surface area contributed by atoms with Crippen LogP contribution in [-0.4, -0.2) is 85.0 Å². The fourth-order valence-corrected chi connectivity index (χ4v) is 4.04. The van der Waals surface area contributed by atoms with Crippen molar-refractivity contribution in [3.63, 3.8) is 0 Å². The number of aliphatic carboxylic acids is 1. The van der Waals surface area contributed by atoms with Crippen LogP contribution in [0.25, 0.3) is 10.9 Å². The van der Waals surface area contributed by atoms with E-state index in [1.165, 1.54) is 6.33 Å². The third-order valence-corrected chi connectivity index (χ3v) is 6.02. The Labute approximate surface area is 215 Å². The number of benzene rings is 2. The van der Waals surface area contributed by atoms with Crippen LogP contribution in [0.1, 0.15) is 11.1 Å². The highest BCUT2D eigenvalue weighted by Crippen LogP contribution is 2.34. The molecule has 3 N–H and O–H groups in total. The van der Waals surface area contributed by atoms with E-state index in [1.807, 2.05) is 38.1 Å². The number of nitrogens with zero attached hydrogens (tertiary/aromatic N) is 4. The zero-order chi connectivity index (χ0) is 26.2. The summed E-state index contributed by atoms with van der Waals surface area (Å²) >= 11 is 0. The Hall–Kier alpha value is -3.96. The summed E-state index contributed by atoms with van der Waals surface area (Å²) in [6.07, 6.45) is 1.43. The minimum Gasteiger partial charge on any atom is -0.493 e. The highest BCUT2D eigenvalue weighted by Gasteiger charge is 2.15. The van der Waals surface area contributed by atoms with Gasteiger partial charge in [0.25, 0.3) is 0 Å². The molecule has 2 heterocycles. The second kappa shape index (κ2) is 12.3. The number of fused-ring (bicyclic) bond motifs is 1. The lowest BCUT2D eigenvalue weighted by atomic mass is 10.1. The number of carboxylic acid groups (broad SMARTS) is 1. The number of aliphatic imine (C=N–C) groups is 1. The van der Waals surface area contributed by atoms with Crippen LogP contribution in [0.4, 0.5) is 11.5 Å². The van der Waals surface area contributed by atoms with Crippen LogP contribution in [0.15, 0.2) is 41.7 Å². The topological polar surface area (TPSA) is 130 Å². The fourth-order valence-electron chi connectivity index (χ4n) is 4.04. The van der Waals surface area contributed by atoms with Gasteiger partial charge in [0.05, 0.1) is 25.8 Å². The van der Waals surface area contributed by atoms with Gasteiger partial charge >= 0.3 is 5.97 Å². The molecule has 2 aromatic carbocycles. The summed E-state index contributed by atoms with van der Waals surface area (Å²) in [6, 6.07) is 9.51. The Bertz CT molecular complexity index is 1260. The number of carbonyl (C=O) groups is 1. The number of aryl methyl sites for hydroxylation is 2. The molecule has 0 saturated carbocycles. The van der Waals surface area contributed by atoms with Crippen molar-refractivity contribution in [2.45, 2.75) is 13.8 Å². The van der Waals surface area contributed by atoms with Gasteiger partial charge < -0.3 is 30.0 Å². The van der Waals surface area contributed by atoms with Crippen LogP contribution in [0.5, 0.6) is 11.5 Å². The Morgan fingerprint density at radius 2 is 1.89 bits per heavy atom. The fraction of sp³-hybridized carbons (Fsp3) is 0.385. The molecule has 1 aliphatic rings. The number of carboxylic acids is 1. The molecule has 0 amide bonds. The van der Waals surface area contributed by atoms with Crippen molar-refractivity contribution in [3.8, 4) is 11.5 Å². The van der Waals surface area contributed by atoms with E-state index in [-0.39, 0.29) is 5.96 Å². The molecule has 0 unspecified atom stereocenters. The average Bonchev–Trinajstić information content (AvgIpc) is 2.89. The standard InChI is InChI=1S/C26H32N6O5/c1-17-5-4-6-18(2)24(17)30-26(27-15-23(33)34)31-25-19-13-21(35-3)22(14-20(19)28-16-29-25)37-12-9-32-7-10-36-11-8-32/h4-6,13-14,16H,7-12,15H2,1-3H3,(H,33,34)(H2,27,28,29,30,31). The number of para-hydroxylation sites is 1. The number of guanidine groups is 1. The van der Waals surface area contributed by atoms with E-state index in [4.69, 9.17) is 14.2 Å². The molecular weight excluding hydrogens is 476 g/mol. The third kappa shape index (κ3) is 6.83. The predicted molar refractivity (Wildman–Crippen MR) is 142 cm³/mol. The number of nitrogens with one attached hydrogen (secondary N) is 2. The van der Waals surface area contributed by atoms with Crippen molar-refractivity contribution in [2.24, 2.45) is 4.99 Å². The summed E-state index contributed by atoms with van der Waals surface area (Å²) in [5, 5.41) is 16.2. The summed E-state index contributed by atoms with van der Waals surface area (Å²) < 4.78 is 17.0. The molecule has 4 rings (SSSR count). The smallest absolute Gasteiger partial charge is 0.325 e. The quantitative estimate of drug-likeness (QED) is 0.293. The van der Waals surface area contributed by atoms with Crippen LogP contribution in [0.3, 0.4) is 0 Å². The van der Waals surface area contributed by atoms with Gasteiger partial charge in [0.15, 0.2) is 11.5 Å². The van der Waals surface area contributed by atoms with E-state index in [9.17, 15) is 9.90 Å². The van der Waals surface area contributed by atoms with Crippen molar-refractivity contribution in [3.05, 3.63) is 47.8 Å². The number of aromatic nitrogens is 2. The maximum Gasteiger partial charge on any atom is 0.325 e. The van der Waals surface area contributed by atoms with E-state index in [0.717, 1.165) is 49.7 Å². The second-order valence-electron chi connectivity index (χ2n) is 8.62. The molecule has 11 nitrogen and oxygen atoms in total. The third-order valence-electron chi connectivity index (χ3n) is 6.02. The molecular formula is C26H32N6O5. The molecule has 0 spiro atoms. The van der Waals surface area contributed by atoms with Crippen LogP contribution in [0.2, 0.25) is 0 Å². The molecule has 11 heteroatoms. The molecule has 1 aromatic heterocycles. The van der Waals surface area contributed by atoms with Crippen LogP contribution < -0.4 is 20.1 Å². The lowest BCUT2D eigenvalue weighted by Gasteiger charge is -2.26. The van der Waals surface area contributed by atoms with Gasteiger partial charge in [-0.2, -0.15) is 0 Å². The number of hydrogen-bond acceptors (Lipinski definition) is 8. The van der Waals surface area contributed by atoms with E-state index >= 15 is 0 Å².